The summed E-state index contributed by atoms with van der Waals surface area (Å²) in [6, 6.07) is -0.982. The van der Waals surface area contributed by atoms with Crippen LogP contribution in [0.15, 0.2) is 109 Å². The van der Waals surface area contributed by atoms with Gasteiger partial charge in [-0.15, -0.1) is 0 Å². The van der Waals surface area contributed by atoms with Gasteiger partial charge in [0.25, 0.3) is 0 Å². The van der Waals surface area contributed by atoms with Gasteiger partial charge in [0, 0.05) is 6.42 Å². The third-order valence-corrected chi connectivity index (χ3v) is 19.6. The molecule has 0 aromatic heterocycles. The van der Waals surface area contributed by atoms with Crippen molar-refractivity contribution in [1.82, 2.24) is 5.32 Å². The Morgan fingerprint density at radius 3 is 1.05 bits per heavy atom. The fraction of sp³-hybridized carbons (Fsp3) is 0.774. The van der Waals surface area contributed by atoms with E-state index in [0.717, 1.165) is 109 Å². The predicted octanol–water partition coefficient (Wildman–Crippen LogP) is 13.7. The fourth-order valence-electron chi connectivity index (χ4n) is 13.1. The highest BCUT2D eigenvalue weighted by Crippen LogP contribution is 2.33. The molecule has 3 fully saturated rings. The Morgan fingerprint density at radius 1 is 0.359 bits per heavy atom. The maximum absolute atomic E-state index is 13.5. The zero-order valence-electron chi connectivity index (χ0n) is 63.5. The van der Waals surface area contributed by atoms with Gasteiger partial charge in [-0.1, -0.05) is 303 Å². The predicted molar refractivity (Wildman–Crippen MR) is 410 cm³/mol. The molecule has 0 radical (unpaired) electrons. The van der Waals surface area contributed by atoms with Gasteiger partial charge in [0.2, 0.25) is 5.91 Å². The smallest absolute Gasteiger partial charge is 0.220 e. The van der Waals surface area contributed by atoms with Crippen LogP contribution in [0.2, 0.25) is 0 Å². The lowest BCUT2D eigenvalue weighted by Crippen LogP contribution is -2.66. The van der Waals surface area contributed by atoms with Crippen LogP contribution in [-0.4, -0.2) is 193 Å². The summed E-state index contributed by atoms with van der Waals surface area (Å²) in [5, 5.41) is 121. The number of ether oxygens (including phenoxy) is 6. The Balaban J connectivity index is 1.36. The standard InChI is InChI=1S/C84H145NO18/c1-3-5-7-9-11-13-15-17-19-21-23-25-26-27-28-29-30-31-32-33-34-35-36-37-38-39-40-42-44-46-48-50-52-54-56-58-60-62-72(90)85-67(68(89)61-59-57-55-53-51-49-47-45-43-41-24-22-20-18-16-14-12-10-8-6-4-2)66-98-82-78(96)75(93)80(70(64-87)100-82)103-84-79(97)76(94)81(71(65-88)101-84)102-83-77(95)74(92)73(91)69(63-86)99-83/h5,7,11,13,17,19,23,25,27-28,30-31,33-34,36-37,59,61,67-71,73-84,86-89,91-97H,3-4,6,8-10,12,14-16,18,20-22,24,26,29,32,35,38-58,60,62-66H2,1-2H3,(H,85,90)/b7-5-,13-11-,19-17-,25-23-,28-27-,31-30-,34-33-,37-36-,61-59+. The first-order chi connectivity index (χ1) is 50.3. The maximum Gasteiger partial charge on any atom is 0.220 e. The zero-order valence-corrected chi connectivity index (χ0v) is 63.5. The summed E-state index contributed by atoms with van der Waals surface area (Å²) >= 11 is 0. The minimum atomic E-state index is -1.98. The Labute approximate surface area is 621 Å². The lowest BCUT2D eigenvalue weighted by atomic mass is 9.96. The quantitative estimate of drug-likeness (QED) is 0.0199. The number of hydrogen-bond acceptors (Lipinski definition) is 18. The molecule has 3 heterocycles. The van der Waals surface area contributed by atoms with Gasteiger partial charge in [-0.3, -0.25) is 4.79 Å². The average molecular weight is 1460 g/mol. The molecule has 0 spiro atoms. The van der Waals surface area contributed by atoms with Gasteiger partial charge in [0.15, 0.2) is 18.9 Å². The van der Waals surface area contributed by atoms with Crippen molar-refractivity contribution in [3.8, 4) is 0 Å². The molecule has 17 atom stereocenters. The average Bonchev–Trinajstić information content (AvgIpc) is 0.781. The van der Waals surface area contributed by atoms with Gasteiger partial charge in [0.1, 0.15) is 73.2 Å². The molecule has 3 aliphatic heterocycles. The Morgan fingerprint density at radius 2 is 0.670 bits per heavy atom. The molecule has 17 unspecified atom stereocenters. The van der Waals surface area contributed by atoms with Gasteiger partial charge < -0.3 is 89.9 Å². The van der Waals surface area contributed by atoms with Crippen LogP contribution in [0.25, 0.3) is 0 Å². The number of hydrogen-bond donors (Lipinski definition) is 12. The zero-order chi connectivity index (χ0) is 74.6. The summed E-state index contributed by atoms with van der Waals surface area (Å²) in [5.74, 6) is -0.279. The fourth-order valence-corrected chi connectivity index (χ4v) is 13.1. The van der Waals surface area contributed by atoms with Crippen molar-refractivity contribution >= 4 is 5.91 Å². The molecule has 594 valence electrons. The highest BCUT2D eigenvalue weighted by Gasteiger charge is 2.54. The lowest BCUT2D eigenvalue weighted by Gasteiger charge is -2.48. The van der Waals surface area contributed by atoms with Crippen LogP contribution in [0.1, 0.15) is 284 Å². The molecule has 103 heavy (non-hydrogen) atoms. The van der Waals surface area contributed by atoms with Gasteiger partial charge in [0.05, 0.1) is 38.6 Å². The third-order valence-electron chi connectivity index (χ3n) is 19.6. The van der Waals surface area contributed by atoms with Crippen LogP contribution in [0.3, 0.4) is 0 Å². The summed E-state index contributed by atoms with van der Waals surface area (Å²) in [4.78, 5) is 13.5. The van der Waals surface area contributed by atoms with Crippen molar-refractivity contribution in [3.05, 3.63) is 109 Å². The molecule has 0 aromatic rings. The van der Waals surface area contributed by atoms with Crippen molar-refractivity contribution in [2.45, 2.75) is 388 Å². The van der Waals surface area contributed by atoms with Crippen molar-refractivity contribution in [3.63, 3.8) is 0 Å². The van der Waals surface area contributed by atoms with E-state index < -0.39 is 124 Å². The number of aliphatic hydroxyl groups excluding tert-OH is 11. The van der Waals surface area contributed by atoms with Crippen LogP contribution >= 0.6 is 0 Å². The summed E-state index contributed by atoms with van der Waals surface area (Å²) in [5.41, 5.74) is 0. The topological polar surface area (TPSA) is 307 Å². The summed E-state index contributed by atoms with van der Waals surface area (Å²) in [6.45, 7) is 1.64. The van der Waals surface area contributed by atoms with E-state index in [-0.39, 0.29) is 18.9 Å². The van der Waals surface area contributed by atoms with E-state index in [1.54, 1.807) is 6.08 Å². The molecule has 0 aromatic carbocycles. The molecule has 0 bridgehead atoms. The first-order valence-corrected chi connectivity index (χ1v) is 40.6. The van der Waals surface area contributed by atoms with E-state index in [1.165, 1.54) is 148 Å². The highest BCUT2D eigenvalue weighted by molar-refractivity contribution is 5.76. The van der Waals surface area contributed by atoms with E-state index >= 15 is 0 Å². The molecule has 0 aliphatic carbocycles. The Hall–Kier alpha value is -3.55. The number of aliphatic hydroxyl groups is 11. The largest absolute Gasteiger partial charge is 0.394 e. The van der Waals surface area contributed by atoms with E-state index in [1.807, 2.05) is 6.08 Å². The number of carbonyl (C=O) groups excluding carboxylic acids is 1. The Kier molecular flexibility index (Phi) is 57.6. The number of amides is 1. The van der Waals surface area contributed by atoms with Gasteiger partial charge >= 0.3 is 0 Å². The van der Waals surface area contributed by atoms with Gasteiger partial charge in [-0.25, -0.2) is 0 Å². The molecule has 19 nitrogen and oxygen atoms in total. The first-order valence-electron chi connectivity index (χ1n) is 40.6. The summed E-state index contributed by atoms with van der Waals surface area (Å²) < 4.78 is 34.4. The van der Waals surface area contributed by atoms with Crippen LogP contribution in [0.4, 0.5) is 0 Å². The summed E-state index contributed by atoms with van der Waals surface area (Å²) in [7, 11) is 0. The second-order valence-electron chi connectivity index (χ2n) is 28.5. The molecule has 3 aliphatic rings. The van der Waals surface area contributed by atoms with Crippen molar-refractivity contribution in [2.24, 2.45) is 0 Å². The molecular formula is C84H145NO18. The van der Waals surface area contributed by atoms with Gasteiger partial charge in [-0.2, -0.15) is 0 Å². The Bertz CT molecular complexity index is 2290. The summed E-state index contributed by atoms with van der Waals surface area (Å²) in [6.07, 6.45) is 60.6. The number of carbonyl (C=O) groups is 1. The number of rotatable bonds is 63. The van der Waals surface area contributed by atoms with Crippen LogP contribution in [-0.2, 0) is 33.2 Å². The molecule has 12 N–H and O–H groups in total. The minimum absolute atomic E-state index is 0.235. The van der Waals surface area contributed by atoms with Crippen LogP contribution < -0.4 is 5.32 Å². The van der Waals surface area contributed by atoms with E-state index in [4.69, 9.17) is 28.4 Å². The van der Waals surface area contributed by atoms with Crippen molar-refractivity contribution in [2.75, 3.05) is 26.4 Å². The number of unbranched alkanes of at least 4 members (excludes halogenated alkanes) is 31. The molecule has 19 heteroatoms. The second kappa shape index (κ2) is 63.4. The first kappa shape index (κ1) is 93.7. The number of nitrogens with one attached hydrogen (secondary N) is 1. The molecule has 3 saturated heterocycles. The number of allylic oxidation sites excluding steroid dienone is 17. The van der Waals surface area contributed by atoms with Gasteiger partial charge in [-0.05, 0) is 83.5 Å². The molecule has 0 saturated carbocycles. The van der Waals surface area contributed by atoms with Crippen LogP contribution in [0.5, 0.6) is 0 Å². The normalized spacial score (nSPS) is 26.6. The molecule has 3 rings (SSSR count). The molecular weight excluding hydrogens is 1310 g/mol. The van der Waals surface area contributed by atoms with Crippen molar-refractivity contribution < 1.29 is 89.4 Å². The van der Waals surface area contributed by atoms with Crippen LogP contribution in [0, 0.1) is 0 Å². The highest BCUT2D eigenvalue weighted by atomic mass is 16.8. The lowest BCUT2D eigenvalue weighted by molar-refractivity contribution is -0.379. The second-order valence-corrected chi connectivity index (χ2v) is 28.5. The van der Waals surface area contributed by atoms with E-state index in [9.17, 15) is 61.0 Å². The SMILES string of the molecule is CC/C=C\C/C=C\C/C=C\C/C=C\C/C=C\C/C=C\C/C=C\C/C=C\CCCCCCCCCCCCCCC(=O)NC(COC1OC(CO)C(OC2OC(CO)C(OC3OC(CO)C(O)C(O)C3O)C(O)C2O)C(O)C1O)C(O)/C=C/CCCCCCCCCCCCCCCCCCCCC. The monoisotopic (exact) mass is 1460 g/mol. The minimum Gasteiger partial charge on any atom is -0.394 e. The maximum atomic E-state index is 13.5. The van der Waals surface area contributed by atoms with E-state index in [2.05, 4.69) is 116 Å². The van der Waals surface area contributed by atoms with Crippen molar-refractivity contribution in [1.29, 1.82) is 0 Å². The third kappa shape index (κ3) is 43.3. The molecule has 1 amide bonds. The van der Waals surface area contributed by atoms with E-state index in [0.29, 0.717) is 6.42 Å².